The van der Waals surface area contributed by atoms with Gasteiger partial charge in [-0.05, 0) is 49.7 Å². The van der Waals surface area contributed by atoms with Crippen LogP contribution in [0.25, 0.3) is 16.5 Å². The number of anilines is 1. The van der Waals surface area contributed by atoms with Crippen LogP contribution >= 0.6 is 0 Å². The number of hydrogen-bond acceptors (Lipinski definition) is 5. The zero-order chi connectivity index (χ0) is 25.2. The summed E-state index contributed by atoms with van der Waals surface area (Å²) in [4.78, 5) is 28.2. The number of fused-ring (bicyclic) bond motifs is 1. The number of benzene rings is 3. The van der Waals surface area contributed by atoms with Crippen molar-refractivity contribution in [1.82, 2.24) is 15.1 Å². The molecule has 1 aromatic heterocycles. The largest absolute Gasteiger partial charge is 0.372 e. The highest BCUT2D eigenvalue weighted by Gasteiger charge is 2.24. The normalized spacial score (nSPS) is 17.8. The maximum atomic E-state index is 15.0. The van der Waals surface area contributed by atoms with Gasteiger partial charge in [0.25, 0.3) is 11.5 Å². The standard InChI is InChI=1S/C28H27FN4O3/c1-18-16-32(17-19(2)36-18)25-13-12-20(14-24(25)29)15-30-27(34)26-22-10-6-7-11-23(22)28(35)33(31-26)21-8-4-3-5-9-21/h3-14,18-19H,15-17H2,1-2H3,(H,30,34). The second-order valence-electron chi connectivity index (χ2n) is 9.08. The third-order valence-electron chi connectivity index (χ3n) is 6.25. The number of halogens is 1. The van der Waals surface area contributed by atoms with E-state index in [4.69, 9.17) is 4.74 Å². The number of morpholine rings is 1. The van der Waals surface area contributed by atoms with E-state index < -0.39 is 5.91 Å². The van der Waals surface area contributed by atoms with Crippen molar-refractivity contribution < 1.29 is 13.9 Å². The van der Waals surface area contributed by atoms with E-state index in [1.54, 1.807) is 60.7 Å². The third-order valence-corrected chi connectivity index (χ3v) is 6.25. The molecule has 1 aliphatic rings. The van der Waals surface area contributed by atoms with Gasteiger partial charge in [0.2, 0.25) is 0 Å². The molecule has 0 bridgehead atoms. The lowest BCUT2D eigenvalue weighted by Crippen LogP contribution is -2.45. The summed E-state index contributed by atoms with van der Waals surface area (Å²) in [5.74, 6) is -0.791. The molecule has 1 fully saturated rings. The highest BCUT2D eigenvalue weighted by Crippen LogP contribution is 2.24. The van der Waals surface area contributed by atoms with Crippen LogP contribution in [0.1, 0.15) is 29.9 Å². The van der Waals surface area contributed by atoms with E-state index in [1.165, 1.54) is 10.7 Å². The second kappa shape index (κ2) is 9.91. The van der Waals surface area contributed by atoms with Crippen molar-refractivity contribution >= 4 is 22.4 Å². The fourth-order valence-corrected chi connectivity index (χ4v) is 4.66. The molecular formula is C28H27FN4O3. The fraction of sp³-hybridized carbons (Fsp3) is 0.250. The minimum absolute atomic E-state index is 0.0218. The average molecular weight is 487 g/mol. The van der Waals surface area contributed by atoms with Gasteiger partial charge in [-0.2, -0.15) is 9.78 Å². The summed E-state index contributed by atoms with van der Waals surface area (Å²) in [7, 11) is 0. The van der Waals surface area contributed by atoms with Crippen molar-refractivity contribution in [2.75, 3.05) is 18.0 Å². The van der Waals surface area contributed by atoms with Gasteiger partial charge in [-0.25, -0.2) is 4.39 Å². The number of hydrogen-bond donors (Lipinski definition) is 1. The summed E-state index contributed by atoms with van der Waals surface area (Å²) >= 11 is 0. The van der Waals surface area contributed by atoms with E-state index in [0.717, 1.165) is 0 Å². The zero-order valence-electron chi connectivity index (χ0n) is 20.1. The molecular weight excluding hydrogens is 459 g/mol. The molecule has 4 aromatic rings. The van der Waals surface area contributed by atoms with Crippen molar-refractivity contribution in [2.45, 2.75) is 32.6 Å². The number of ether oxygens (including phenoxy) is 1. The van der Waals surface area contributed by atoms with Crippen molar-refractivity contribution in [1.29, 1.82) is 0 Å². The van der Waals surface area contributed by atoms with Crippen LogP contribution in [0.5, 0.6) is 0 Å². The van der Waals surface area contributed by atoms with E-state index in [2.05, 4.69) is 10.4 Å². The van der Waals surface area contributed by atoms with Crippen LogP contribution in [0.2, 0.25) is 0 Å². The molecule has 1 aliphatic heterocycles. The van der Waals surface area contributed by atoms with E-state index in [-0.39, 0.29) is 35.8 Å². The van der Waals surface area contributed by atoms with Gasteiger partial charge in [0, 0.05) is 25.0 Å². The van der Waals surface area contributed by atoms with Crippen LogP contribution in [0.4, 0.5) is 10.1 Å². The summed E-state index contributed by atoms with van der Waals surface area (Å²) in [5, 5.41) is 8.07. The minimum Gasteiger partial charge on any atom is -0.372 e. The van der Waals surface area contributed by atoms with E-state index in [9.17, 15) is 14.0 Å². The molecule has 2 atom stereocenters. The van der Waals surface area contributed by atoms with Crippen molar-refractivity contribution in [3.05, 3.63) is 100 Å². The summed E-state index contributed by atoms with van der Waals surface area (Å²) < 4.78 is 22.0. The smallest absolute Gasteiger partial charge is 0.279 e. The number of rotatable bonds is 5. The maximum Gasteiger partial charge on any atom is 0.279 e. The Morgan fingerprint density at radius 3 is 2.36 bits per heavy atom. The Kier molecular flexibility index (Phi) is 6.52. The highest BCUT2D eigenvalue weighted by atomic mass is 19.1. The minimum atomic E-state index is -0.448. The van der Waals surface area contributed by atoms with E-state index in [1.807, 2.05) is 24.8 Å². The summed E-state index contributed by atoms with van der Waals surface area (Å²) in [6, 6.07) is 20.8. The van der Waals surface area contributed by atoms with Gasteiger partial charge < -0.3 is 15.0 Å². The van der Waals surface area contributed by atoms with Gasteiger partial charge in [-0.3, -0.25) is 9.59 Å². The summed E-state index contributed by atoms with van der Waals surface area (Å²) in [5.41, 5.74) is 1.53. The van der Waals surface area contributed by atoms with Gasteiger partial charge in [0.1, 0.15) is 5.82 Å². The van der Waals surface area contributed by atoms with Gasteiger partial charge in [-0.15, -0.1) is 0 Å². The second-order valence-corrected chi connectivity index (χ2v) is 9.08. The van der Waals surface area contributed by atoms with Crippen molar-refractivity contribution in [2.24, 2.45) is 0 Å². The molecule has 1 amide bonds. The maximum absolute atomic E-state index is 15.0. The molecule has 2 heterocycles. The van der Waals surface area contributed by atoms with Gasteiger partial charge >= 0.3 is 0 Å². The predicted molar refractivity (Wildman–Crippen MR) is 137 cm³/mol. The number of nitrogens with one attached hydrogen (secondary N) is 1. The Morgan fingerprint density at radius 2 is 1.67 bits per heavy atom. The molecule has 184 valence electrons. The van der Waals surface area contributed by atoms with Crippen molar-refractivity contribution in [3.8, 4) is 5.69 Å². The first-order valence-corrected chi connectivity index (χ1v) is 11.9. The van der Waals surface area contributed by atoms with Crippen LogP contribution < -0.4 is 15.8 Å². The molecule has 7 nitrogen and oxygen atoms in total. The number of nitrogens with zero attached hydrogens (tertiary/aromatic N) is 3. The number of carbonyl (C=O) groups excluding carboxylic acids is 1. The topological polar surface area (TPSA) is 76.5 Å². The monoisotopic (exact) mass is 486 g/mol. The molecule has 1 N–H and O–H groups in total. The first-order valence-electron chi connectivity index (χ1n) is 11.9. The molecule has 36 heavy (non-hydrogen) atoms. The molecule has 8 heteroatoms. The lowest BCUT2D eigenvalue weighted by molar-refractivity contribution is -0.00539. The quantitative estimate of drug-likeness (QED) is 0.460. The lowest BCUT2D eigenvalue weighted by Gasteiger charge is -2.37. The number of amides is 1. The molecule has 0 aliphatic carbocycles. The molecule has 0 saturated carbocycles. The number of aromatic nitrogens is 2. The van der Waals surface area contributed by atoms with Crippen LogP contribution in [0.3, 0.4) is 0 Å². The van der Waals surface area contributed by atoms with Crippen LogP contribution in [0, 0.1) is 5.82 Å². The first kappa shape index (κ1) is 23.7. The molecule has 1 saturated heterocycles. The average Bonchev–Trinajstić information content (AvgIpc) is 2.87. The Balaban J connectivity index is 1.39. The Bertz CT molecular complexity index is 1460. The van der Waals surface area contributed by atoms with E-state index in [0.29, 0.717) is 40.8 Å². The van der Waals surface area contributed by atoms with E-state index >= 15 is 0 Å². The summed E-state index contributed by atoms with van der Waals surface area (Å²) in [6.45, 7) is 5.30. The third kappa shape index (κ3) is 4.72. The lowest BCUT2D eigenvalue weighted by atomic mass is 10.1. The Hall–Kier alpha value is -4.04. The van der Waals surface area contributed by atoms with Crippen LogP contribution in [-0.4, -0.2) is 41.0 Å². The number of para-hydroxylation sites is 1. The van der Waals surface area contributed by atoms with Gasteiger partial charge in [0.05, 0.1) is 29.0 Å². The van der Waals surface area contributed by atoms with Gasteiger partial charge in [0.15, 0.2) is 5.69 Å². The molecule has 3 aromatic carbocycles. The SMILES string of the molecule is CC1CN(c2ccc(CNC(=O)c3nn(-c4ccccc4)c(=O)c4ccccc34)cc2F)CC(C)O1. The Labute approximate surface area is 208 Å². The molecule has 5 rings (SSSR count). The molecule has 2 unspecified atom stereocenters. The molecule has 0 spiro atoms. The van der Waals surface area contributed by atoms with Crippen LogP contribution in [0.15, 0.2) is 77.6 Å². The van der Waals surface area contributed by atoms with Crippen LogP contribution in [-0.2, 0) is 11.3 Å². The van der Waals surface area contributed by atoms with Crippen molar-refractivity contribution in [3.63, 3.8) is 0 Å². The first-order chi connectivity index (χ1) is 17.4. The number of carbonyl (C=O) groups is 1. The van der Waals surface area contributed by atoms with Gasteiger partial charge in [-0.1, -0.05) is 42.5 Å². The molecule has 0 radical (unpaired) electrons. The Morgan fingerprint density at radius 1 is 1.00 bits per heavy atom. The zero-order valence-corrected chi connectivity index (χ0v) is 20.1. The highest BCUT2D eigenvalue weighted by molar-refractivity contribution is 6.04. The summed E-state index contributed by atoms with van der Waals surface area (Å²) in [6.07, 6.45) is 0.0437. The fourth-order valence-electron chi connectivity index (χ4n) is 4.66. The predicted octanol–water partition coefficient (Wildman–Crippen LogP) is 4.07.